The normalized spacial score (nSPS) is 11.5. The van der Waals surface area contributed by atoms with E-state index in [9.17, 15) is 0 Å². The second-order valence-corrected chi connectivity index (χ2v) is 11.2. The number of fused-ring (bicyclic) bond motifs is 6. The van der Waals surface area contributed by atoms with Gasteiger partial charge in [-0.05, 0) is 22.9 Å². The van der Waals surface area contributed by atoms with Crippen LogP contribution in [0.5, 0.6) is 0 Å². The van der Waals surface area contributed by atoms with Gasteiger partial charge in [0, 0.05) is 32.7 Å². The lowest BCUT2D eigenvalue weighted by atomic mass is 10.0. The molecule has 0 saturated carbocycles. The zero-order valence-electron chi connectivity index (χ0n) is 24.5. The van der Waals surface area contributed by atoms with Crippen molar-refractivity contribution in [3.05, 3.63) is 146 Å². The van der Waals surface area contributed by atoms with E-state index in [2.05, 4.69) is 72.8 Å². The van der Waals surface area contributed by atoms with Crippen molar-refractivity contribution in [3.63, 3.8) is 0 Å². The van der Waals surface area contributed by atoms with Crippen molar-refractivity contribution in [1.29, 1.82) is 0 Å². The first-order valence-corrected chi connectivity index (χ1v) is 15.1. The van der Waals surface area contributed by atoms with Gasteiger partial charge >= 0.3 is 0 Å². The Morgan fingerprint density at radius 3 is 1.17 bits per heavy atom. The van der Waals surface area contributed by atoms with Crippen molar-refractivity contribution in [1.82, 2.24) is 29.9 Å². The zero-order valence-corrected chi connectivity index (χ0v) is 24.5. The largest absolute Gasteiger partial charge is 0.249 e. The summed E-state index contributed by atoms with van der Waals surface area (Å²) < 4.78 is 0. The Balaban J connectivity index is 1.22. The van der Waals surface area contributed by atoms with Crippen molar-refractivity contribution < 1.29 is 0 Å². The van der Waals surface area contributed by atoms with E-state index in [0.29, 0.717) is 23.0 Å². The van der Waals surface area contributed by atoms with Gasteiger partial charge in [-0.25, -0.2) is 29.9 Å². The summed E-state index contributed by atoms with van der Waals surface area (Å²) in [6.45, 7) is 0. The number of hydrogen-bond donors (Lipinski definition) is 0. The van der Waals surface area contributed by atoms with Crippen LogP contribution in [0.2, 0.25) is 0 Å². The molecule has 6 aromatic carbocycles. The van der Waals surface area contributed by atoms with E-state index < -0.39 is 0 Å². The van der Waals surface area contributed by atoms with E-state index >= 15 is 0 Å². The third-order valence-electron chi connectivity index (χ3n) is 8.39. The first-order chi connectivity index (χ1) is 22.8. The van der Waals surface area contributed by atoms with E-state index in [1.165, 1.54) is 0 Å². The summed E-state index contributed by atoms with van der Waals surface area (Å²) in [6.07, 6.45) is 3.44. The molecule has 9 rings (SSSR count). The summed E-state index contributed by atoms with van der Waals surface area (Å²) in [4.78, 5) is 29.8. The average molecular weight is 589 g/mol. The summed E-state index contributed by atoms with van der Waals surface area (Å²) in [5, 5.41) is 6.35. The molecule has 0 saturated heterocycles. The molecule has 0 bridgehead atoms. The van der Waals surface area contributed by atoms with Crippen molar-refractivity contribution >= 4 is 43.4 Å². The minimum atomic E-state index is 0.511. The predicted molar refractivity (Wildman–Crippen MR) is 185 cm³/mol. The average Bonchev–Trinajstić information content (AvgIpc) is 3.14. The Bertz CT molecular complexity index is 2390. The highest BCUT2D eigenvalue weighted by Crippen LogP contribution is 2.34. The van der Waals surface area contributed by atoms with Gasteiger partial charge in [-0.15, -0.1) is 0 Å². The fraction of sp³-hybridized carbons (Fsp3) is 0. The Hall–Kier alpha value is -6.40. The Morgan fingerprint density at radius 1 is 0.326 bits per heavy atom. The van der Waals surface area contributed by atoms with Crippen LogP contribution in [0, 0.1) is 0 Å². The van der Waals surface area contributed by atoms with Crippen molar-refractivity contribution in [2.75, 3.05) is 0 Å². The molecule has 0 amide bonds. The van der Waals surface area contributed by atoms with Gasteiger partial charge in [0.15, 0.2) is 11.6 Å². The maximum Gasteiger partial charge on any atom is 0.180 e. The maximum atomic E-state index is 5.05. The van der Waals surface area contributed by atoms with Crippen LogP contribution < -0.4 is 0 Å². The summed E-state index contributed by atoms with van der Waals surface area (Å²) in [7, 11) is 0. The molecule has 0 fully saturated rings. The lowest BCUT2D eigenvalue weighted by Crippen LogP contribution is -2.00. The fourth-order valence-electron chi connectivity index (χ4n) is 6.15. The summed E-state index contributed by atoms with van der Waals surface area (Å²) in [5.74, 6) is 1.02. The second kappa shape index (κ2) is 10.6. The molecule has 0 aliphatic heterocycles. The highest BCUT2D eigenvalue weighted by atomic mass is 15.0. The van der Waals surface area contributed by atoms with E-state index in [4.69, 9.17) is 29.9 Å². The molecule has 0 unspecified atom stereocenters. The van der Waals surface area contributed by atoms with Gasteiger partial charge in [-0.2, -0.15) is 0 Å². The summed E-state index contributed by atoms with van der Waals surface area (Å²) in [5.41, 5.74) is 6.65. The minimum absolute atomic E-state index is 0.511. The van der Waals surface area contributed by atoms with Crippen molar-refractivity contribution in [2.45, 2.75) is 0 Å². The maximum absolute atomic E-state index is 5.05. The lowest BCUT2D eigenvalue weighted by molar-refractivity contribution is 1.11. The molecule has 214 valence electrons. The van der Waals surface area contributed by atoms with Crippen molar-refractivity contribution in [2.24, 2.45) is 0 Å². The molecule has 46 heavy (non-hydrogen) atoms. The van der Waals surface area contributed by atoms with Crippen LogP contribution in [0.15, 0.2) is 146 Å². The van der Waals surface area contributed by atoms with Gasteiger partial charge in [0.1, 0.15) is 11.4 Å². The molecule has 6 heteroatoms. The molecule has 0 aliphatic carbocycles. The Kier molecular flexibility index (Phi) is 6.03. The number of hydrogen-bond acceptors (Lipinski definition) is 6. The quantitative estimate of drug-likeness (QED) is 0.191. The molecule has 0 aliphatic rings. The molecule has 0 radical (unpaired) electrons. The minimum Gasteiger partial charge on any atom is -0.249 e. The molecule has 3 aromatic heterocycles. The Labute approximate surface area is 264 Å². The lowest BCUT2D eigenvalue weighted by Gasteiger charge is -2.12. The molecular formula is C40H24N6. The van der Waals surface area contributed by atoms with E-state index in [0.717, 1.165) is 65.9 Å². The molecule has 0 spiro atoms. The smallest absolute Gasteiger partial charge is 0.180 e. The van der Waals surface area contributed by atoms with Crippen LogP contribution in [0.4, 0.5) is 0 Å². The van der Waals surface area contributed by atoms with E-state index in [1.54, 1.807) is 12.4 Å². The van der Waals surface area contributed by atoms with Gasteiger partial charge in [0.2, 0.25) is 0 Å². The van der Waals surface area contributed by atoms with Gasteiger partial charge in [-0.3, -0.25) is 0 Å². The number of aromatic nitrogens is 6. The third-order valence-corrected chi connectivity index (χ3v) is 8.39. The number of benzene rings is 6. The highest BCUT2D eigenvalue weighted by molar-refractivity contribution is 6.10. The van der Waals surface area contributed by atoms with Crippen LogP contribution in [0.1, 0.15) is 0 Å². The first-order valence-electron chi connectivity index (χ1n) is 15.1. The second-order valence-electron chi connectivity index (χ2n) is 11.2. The van der Waals surface area contributed by atoms with Gasteiger partial charge < -0.3 is 0 Å². The van der Waals surface area contributed by atoms with Crippen LogP contribution >= 0.6 is 0 Å². The van der Waals surface area contributed by atoms with Gasteiger partial charge in [0.05, 0.1) is 34.8 Å². The highest BCUT2D eigenvalue weighted by Gasteiger charge is 2.17. The molecular weight excluding hydrogens is 564 g/mol. The SMILES string of the molecule is c1ccc(-c2nc(-c3cnc(-c4nc(-c5ccccc5)c5ccc6ccccc6c5n4)cn3)nc3c2ccc2ccccc23)cc1. The topological polar surface area (TPSA) is 77.3 Å². The number of rotatable bonds is 4. The van der Waals surface area contributed by atoms with Crippen LogP contribution in [-0.2, 0) is 0 Å². The third kappa shape index (κ3) is 4.35. The van der Waals surface area contributed by atoms with Gasteiger partial charge in [-0.1, -0.05) is 121 Å². The monoisotopic (exact) mass is 588 g/mol. The first kappa shape index (κ1) is 26.0. The molecule has 6 nitrogen and oxygen atoms in total. The predicted octanol–water partition coefficient (Wildman–Crippen LogP) is 9.34. The molecule has 0 atom stereocenters. The molecule has 0 N–H and O–H groups in total. The van der Waals surface area contributed by atoms with Crippen LogP contribution in [0.3, 0.4) is 0 Å². The van der Waals surface area contributed by atoms with Crippen LogP contribution in [-0.4, -0.2) is 29.9 Å². The summed E-state index contributed by atoms with van der Waals surface area (Å²) in [6, 6.07) is 45.4. The number of nitrogens with zero attached hydrogens (tertiary/aromatic N) is 6. The van der Waals surface area contributed by atoms with E-state index in [-0.39, 0.29) is 0 Å². The fourth-order valence-corrected chi connectivity index (χ4v) is 6.15. The molecule has 3 heterocycles. The van der Waals surface area contributed by atoms with Gasteiger partial charge in [0.25, 0.3) is 0 Å². The Morgan fingerprint density at radius 2 is 0.739 bits per heavy atom. The van der Waals surface area contributed by atoms with Crippen LogP contribution in [0.25, 0.3) is 88.9 Å². The van der Waals surface area contributed by atoms with Crippen molar-refractivity contribution in [3.8, 4) is 45.6 Å². The zero-order chi connectivity index (χ0) is 30.5. The summed E-state index contributed by atoms with van der Waals surface area (Å²) >= 11 is 0. The molecule has 9 aromatic rings. The van der Waals surface area contributed by atoms with E-state index in [1.807, 2.05) is 60.7 Å². The standard InChI is InChI=1S/C40H24N6/c1-3-13-27(14-4-1)35-31-21-19-25-11-7-9-17-29(25)37(31)45-39(43-35)33-23-42-34(24-41-33)40-44-36(28-15-5-2-6-16-28)32-22-20-26-12-8-10-18-30(26)38(32)46-40/h1-24H.